The Morgan fingerprint density at radius 3 is 2.20 bits per heavy atom. The van der Waals surface area contributed by atoms with Gasteiger partial charge in [0, 0.05) is 70.2 Å². The number of rotatable bonds is 4. The maximum absolute atomic E-state index is 12.3. The van der Waals surface area contributed by atoms with Crippen molar-refractivity contribution in [1.82, 2.24) is 19.8 Å². The Labute approximate surface area is 148 Å². The smallest absolute Gasteiger partial charge is 0.246 e. The summed E-state index contributed by atoms with van der Waals surface area (Å²) in [5, 5.41) is 0. The Hall–Kier alpha value is -2.44. The second-order valence-corrected chi connectivity index (χ2v) is 6.82. The average Bonchev–Trinajstić information content (AvgIpc) is 2.58. The molecule has 25 heavy (non-hydrogen) atoms. The molecule has 0 spiro atoms. The summed E-state index contributed by atoms with van der Waals surface area (Å²) in [6.07, 6.45) is 9.89. The van der Waals surface area contributed by atoms with Crippen LogP contribution in [0.3, 0.4) is 0 Å². The van der Waals surface area contributed by atoms with Crippen molar-refractivity contribution >= 4 is 23.8 Å². The molecule has 1 aliphatic heterocycles. The van der Waals surface area contributed by atoms with Crippen LogP contribution in [0.2, 0.25) is 0 Å². The van der Waals surface area contributed by atoms with Gasteiger partial charge in [-0.1, -0.05) is 6.42 Å². The van der Waals surface area contributed by atoms with Crippen LogP contribution in [0, 0.1) is 5.92 Å². The third-order valence-electron chi connectivity index (χ3n) is 4.83. The zero-order valence-electron chi connectivity index (χ0n) is 14.9. The van der Waals surface area contributed by atoms with E-state index in [0.717, 1.165) is 18.4 Å². The molecule has 0 bridgehead atoms. The summed E-state index contributed by atoms with van der Waals surface area (Å²) in [6, 6.07) is 0. The van der Waals surface area contributed by atoms with Crippen molar-refractivity contribution in [2.75, 3.05) is 45.2 Å². The summed E-state index contributed by atoms with van der Waals surface area (Å²) in [6.45, 7) is 2.46. The lowest BCUT2D eigenvalue weighted by Gasteiger charge is -2.37. The maximum atomic E-state index is 12.3. The zero-order chi connectivity index (χ0) is 17.8. The van der Waals surface area contributed by atoms with Gasteiger partial charge in [-0.2, -0.15) is 0 Å². The highest BCUT2D eigenvalue weighted by molar-refractivity contribution is 5.92. The molecule has 0 N–H and O–H groups in total. The summed E-state index contributed by atoms with van der Waals surface area (Å²) >= 11 is 0. The van der Waals surface area contributed by atoms with Crippen molar-refractivity contribution in [3.05, 3.63) is 24.0 Å². The van der Waals surface area contributed by atoms with Crippen LogP contribution in [-0.4, -0.2) is 71.9 Å². The second kappa shape index (κ2) is 7.63. The predicted octanol–water partition coefficient (Wildman–Crippen LogP) is 1.03. The molecule has 7 nitrogen and oxygen atoms in total. The van der Waals surface area contributed by atoms with E-state index in [-0.39, 0.29) is 17.7 Å². The minimum absolute atomic E-state index is 0.0348. The standard InChI is InChI=1S/C18H25N5O2/c1-21(2)18-19-12-14(13-20-18)6-7-16(24)22-8-10-23(11-9-22)17(25)15-4-3-5-15/h6-7,12-13,15H,3-5,8-11H2,1-2H3. The Morgan fingerprint density at radius 1 is 1.08 bits per heavy atom. The Bertz CT molecular complexity index is 644. The second-order valence-electron chi connectivity index (χ2n) is 6.82. The molecule has 0 atom stereocenters. The van der Waals surface area contributed by atoms with Gasteiger partial charge < -0.3 is 14.7 Å². The summed E-state index contributed by atoms with van der Waals surface area (Å²) in [4.78, 5) is 38.5. The van der Waals surface area contributed by atoms with Crippen molar-refractivity contribution in [3.63, 3.8) is 0 Å². The molecule has 2 fully saturated rings. The minimum Gasteiger partial charge on any atom is -0.347 e. The third-order valence-corrected chi connectivity index (χ3v) is 4.83. The van der Waals surface area contributed by atoms with Gasteiger partial charge in [0.15, 0.2) is 0 Å². The lowest BCUT2D eigenvalue weighted by molar-refractivity contribution is -0.142. The van der Waals surface area contributed by atoms with Crippen LogP contribution in [-0.2, 0) is 9.59 Å². The van der Waals surface area contributed by atoms with E-state index >= 15 is 0 Å². The van der Waals surface area contributed by atoms with Gasteiger partial charge in [-0.25, -0.2) is 9.97 Å². The fourth-order valence-corrected chi connectivity index (χ4v) is 2.98. The lowest BCUT2D eigenvalue weighted by Crippen LogP contribution is -2.52. The first kappa shape index (κ1) is 17.4. The first-order chi connectivity index (χ1) is 12.0. The zero-order valence-corrected chi connectivity index (χ0v) is 14.9. The normalized spacial score (nSPS) is 18.3. The summed E-state index contributed by atoms with van der Waals surface area (Å²) in [5.74, 6) is 1.10. The SMILES string of the molecule is CN(C)c1ncc(C=CC(=O)N2CCN(C(=O)C3CCC3)CC2)cn1. The van der Waals surface area contributed by atoms with E-state index < -0.39 is 0 Å². The largest absolute Gasteiger partial charge is 0.347 e. The molecule has 1 saturated heterocycles. The fourth-order valence-electron chi connectivity index (χ4n) is 2.98. The predicted molar refractivity (Wildman–Crippen MR) is 95.9 cm³/mol. The van der Waals surface area contributed by atoms with Crippen molar-refractivity contribution in [2.45, 2.75) is 19.3 Å². The molecule has 0 unspecified atom stereocenters. The van der Waals surface area contributed by atoms with Crippen LogP contribution >= 0.6 is 0 Å². The topological polar surface area (TPSA) is 69.6 Å². The molecule has 2 amide bonds. The fraction of sp³-hybridized carbons (Fsp3) is 0.556. The molecular formula is C18H25N5O2. The van der Waals surface area contributed by atoms with Crippen molar-refractivity contribution in [2.24, 2.45) is 5.92 Å². The van der Waals surface area contributed by atoms with Crippen molar-refractivity contribution in [3.8, 4) is 0 Å². The number of piperazine rings is 1. The van der Waals surface area contributed by atoms with E-state index in [4.69, 9.17) is 0 Å². The van der Waals surface area contributed by atoms with E-state index in [1.165, 1.54) is 6.42 Å². The van der Waals surface area contributed by atoms with Crippen LogP contribution in [0.15, 0.2) is 18.5 Å². The van der Waals surface area contributed by atoms with E-state index in [0.29, 0.717) is 32.1 Å². The summed E-state index contributed by atoms with van der Waals surface area (Å²) in [7, 11) is 3.76. The molecule has 0 aromatic carbocycles. The Balaban J connectivity index is 1.49. The number of hydrogen-bond acceptors (Lipinski definition) is 5. The number of carbonyl (C=O) groups is 2. The molecule has 0 radical (unpaired) electrons. The highest BCUT2D eigenvalue weighted by Gasteiger charge is 2.31. The number of amides is 2. The Morgan fingerprint density at radius 2 is 1.68 bits per heavy atom. The van der Waals surface area contributed by atoms with E-state index in [9.17, 15) is 9.59 Å². The molecule has 2 aliphatic rings. The number of aromatic nitrogens is 2. The average molecular weight is 343 g/mol. The van der Waals surface area contributed by atoms with E-state index in [1.54, 1.807) is 29.4 Å². The third kappa shape index (κ3) is 4.15. The van der Waals surface area contributed by atoms with Crippen LogP contribution in [0.25, 0.3) is 6.08 Å². The quantitative estimate of drug-likeness (QED) is 0.764. The molecule has 1 saturated carbocycles. The van der Waals surface area contributed by atoms with Crippen LogP contribution in [0.4, 0.5) is 5.95 Å². The molecule has 1 aromatic heterocycles. The van der Waals surface area contributed by atoms with E-state index in [1.807, 2.05) is 23.9 Å². The number of anilines is 1. The highest BCUT2D eigenvalue weighted by atomic mass is 16.2. The van der Waals surface area contributed by atoms with Gasteiger partial charge in [-0.3, -0.25) is 9.59 Å². The maximum Gasteiger partial charge on any atom is 0.246 e. The first-order valence-corrected chi connectivity index (χ1v) is 8.80. The van der Waals surface area contributed by atoms with Gasteiger partial charge in [-0.15, -0.1) is 0 Å². The number of carbonyl (C=O) groups excluding carboxylic acids is 2. The van der Waals surface area contributed by atoms with Crippen LogP contribution in [0.5, 0.6) is 0 Å². The molecule has 3 rings (SSSR count). The minimum atomic E-state index is -0.0348. The van der Waals surface area contributed by atoms with Gasteiger partial charge in [0.2, 0.25) is 17.8 Å². The molecule has 1 aromatic rings. The van der Waals surface area contributed by atoms with Crippen molar-refractivity contribution in [1.29, 1.82) is 0 Å². The van der Waals surface area contributed by atoms with Gasteiger partial charge >= 0.3 is 0 Å². The van der Waals surface area contributed by atoms with Crippen LogP contribution in [0.1, 0.15) is 24.8 Å². The lowest BCUT2D eigenvalue weighted by atomic mass is 9.84. The monoisotopic (exact) mass is 343 g/mol. The highest BCUT2D eigenvalue weighted by Crippen LogP contribution is 2.28. The molecule has 134 valence electrons. The first-order valence-electron chi connectivity index (χ1n) is 8.80. The van der Waals surface area contributed by atoms with E-state index in [2.05, 4.69) is 9.97 Å². The number of hydrogen-bond donors (Lipinski definition) is 0. The van der Waals surface area contributed by atoms with Crippen molar-refractivity contribution < 1.29 is 9.59 Å². The summed E-state index contributed by atoms with van der Waals surface area (Å²) < 4.78 is 0. The van der Waals surface area contributed by atoms with Gasteiger partial charge in [-0.05, 0) is 18.9 Å². The molecular weight excluding hydrogens is 318 g/mol. The van der Waals surface area contributed by atoms with Gasteiger partial charge in [0.05, 0.1) is 0 Å². The molecule has 7 heteroatoms. The van der Waals surface area contributed by atoms with Crippen LogP contribution < -0.4 is 4.90 Å². The molecule has 2 heterocycles. The molecule has 1 aliphatic carbocycles. The van der Waals surface area contributed by atoms with Gasteiger partial charge in [0.1, 0.15) is 0 Å². The number of nitrogens with zero attached hydrogens (tertiary/aromatic N) is 5. The summed E-state index contributed by atoms with van der Waals surface area (Å²) in [5.41, 5.74) is 0.790. The Kier molecular flexibility index (Phi) is 5.31. The van der Waals surface area contributed by atoms with Gasteiger partial charge in [0.25, 0.3) is 0 Å².